The number of phenolic OH excluding ortho intramolecular Hbond substituents is 1. The molecule has 0 fully saturated rings. The van der Waals surface area contributed by atoms with Gasteiger partial charge < -0.3 is 38.0 Å². The number of nitrogens with zero attached hydrogens (tertiary/aromatic N) is 1. The first-order valence-corrected chi connectivity index (χ1v) is 12.4. The second kappa shape index (κ2) is 8.73. The highest BCUT2D eigenvalue weighted by Crippen LogP contribution is 2.60. The number of hydrogen-bond acceptors (Lipinski definition) is 8. The molecule has 9 nitrogen and oxygen atoms in total. The predicted molar refractivity (Wildman–Crippen MR) is 137 cm³/mol. The first kappa shape index (κ1) is 24.2. The van der Waals surface area contributed by atoms with Crippen LogP contribution in [0.15, 0.2) is 36.4 Å². The Bertz CT molecular complexity index is 1460. The molecule has 2 unspecified atom stereocenters. The standard InChI is InChI=1S/C29H29NO8/c1-30(2)12-11-17-20(15-7-6-8-16(31)13-15)27-28(37-14-36-27)26(35-5)21(17)23(30)24-18-9-10-19(33-3)25(34-4)22(18)29(32)38-24/h6-10,13,23-24H,11-12,14H2,1-5H3/p+1. The van der Waals surface area contributed by atoms with Gasteiger partial charge in [0.05, 0.1) is 47.5 Å². The molecule has 3 heterocycles. The molecule has 3 aliphatic rings. The maximum atomic E-state index is 13.3. The normalized spacial score (nSPS) is 20.4. The van der Waals surface area contributed by atoms with Crippen molar-refractivity contribution in [3.05, 3.63) is 58.7 Å². The molecule has 3 aromatic carbocycles. The van der Waals surface area contributed by atoms with E-state index in [2.05, 4.69) is 14.1 Å². The number of likely N-dealkylation sites (N-methyl/N-ethyl adjacent to an activating group) is 1. The van der Waals surface area contributed by atoms with Crippen LogP contribution in [-0.4, -0.2) is 64.3 Å². The molecule has 38 heavy (non-hydrogen) atoms. The van der Waals surface area contributed by atoms with Gasteiger partial charge in [0.2, 0.25) is 12.5 Å². The van der Waals surface area contributed by atoms with E-state index in [-0.39, 0.29) is 18.6 Å². The van der Waals surface area contributed by atoms with E-state index in [1.54, 1.807) is 31.4 Å². The topological polar surface area (TPSA) is 92.7 Å². The Morgan fingerprint density at radius 3 is 2.42 bits per heavy atom. The molecule has 0 radical (unpaired) electrons. The fourth-order valence-corrected chi connectivity index (χ4v) is 6.17. The molecule has 6 rings (SSSR count). The van der Waals surface area contributed by atoms with Gasteiger partial charge in [-0.25, -0.2) is 4.79 Å². The van der Waals surface area contributed by atoms with E-state index < -0.39 is 12.1 Å². The zero-order valence-corrected chi connectivity index (χ0v) is 22.0. The van der Waals surface area contributed by atoms with Gasteiger partial charge in [-0.15, -0.1) is 0 Å². The number of quaternary nitrogens is 1. The van der Waals surface area contributed by atoms with Crippen LogP contribution in [0.1, 0.15) is 39.2 Å². The molecule has 3 aliphatic heterocycles. The van der Waals surface area contributed by atoms with Crippen LogP contribution in [0.4, 0.5) is 0 Å². The molecule has 0 aromatic heterocycles. The number of aromatic hydroxyl groups is 1. The second-order valence-electron chi connectivity index (χ2n) is 10.2. The number of hydrogen-bond donors (Lipinski definition) is 1. The lowest BCUT2D eigenvalue weighted by Crippen LogP contribution is -2.50. The van der Waals surface area contributed by atoms with Crippen molar-refractivity contribution in [1.29, 1.82) is 0 Å². The fraction of sp³-hybridized carbons (Fsp3) is 0.345. The van der Waals surface area contributed by atoms with Crippen molar-refractivity contribution < 1.29 is 42.8 Å². The molecule has 2 atom stereocenters. The SMILES string of the molecule is COc1ccc2c(c1OC)C(=O)OC2C1c2c(c(-c3cccc(O)c3)c3c(c2OC)OCO3)CC[N+]1(C)C. The molecule has 0 aliphatic carbocycles. The monoisotopic (exact) mass is 520 g/mol. The molecule has 198 valence electrons. The number of cyclic esters (lactones) is 1. The van der Waals surface area contributed by atoms with Crippen LogP contribution in [-0.2, 0) is 11.2 Å². The average molecular weight is 521 g/mol. The predicted octanol–water partition coefficient (Wildman–Crippen LogP) is 4.40. The van der Waals surface area contributed by atoms with Crippen molar-refractivity contribution in [2.75, 3.05) is 48.8 Å². The van der Waals surface area contributed by atoms with Crippen molar-refractivity contribution >= 4 is 5.97 Å². The van der Waals surface area contributed by atoms with Crippen LogP contribution in [0, 0.1) is 0 Å². The van der Waals surface area contributed by atoms with Crippen LogP contribution < -0.4 is 23.7 Å². The van der Waals surface area contributed by atoms with Crippen LogP contribution in [0.25, 0.3) is 11.1 Å². The number of carbonyl (C=O) groups excluding carboxylic acids is 1. The molecular formula is C29H30NO8+. The van der Waals surface area contributed by atoms with E-state index in [4.69, 9.17) is 28.4 Å². The number of benzene rings is 3. The molecule has 9 heteroatoms. The van der Waals surface area contributed by atoms with Crippen LogP contribution in [0.2, 0.25) is 0 Å². The molecule has 3 aromatic rings. The minimum absolute atomic E-state index is 0.0571. The smallest absolute Gasteiger partial charge is 0.343 e. The van der Waals surface area contributed by atoms with Crippen molar-refractivity contribution in [2.45, 2.75) is 18.6 Å². The molecule has 0 saturated carbocycles. The van der Waals surface area contributed by atoms with E-state index in [1.165, 1.54) is 14.2 Å². The lowest BCUT2D eigenvalue weighted by molar-refractivity contribution is -0.927. The number of esters is 1. The molecule has 0 saturated heterocycles. The zero-order chi connectivity index (χ0) is 26.8. The maximum Gasteiger partial charge on any atom is 0.343 e. The summed E-state index contributed by atoms with van der Waals surface area (Å²) in [5, 5.41) is 10.3. The van der Waals surface area contributed by atoms with Gasteiger partial charge in [-0.2, -0.15) is 0 Å². The van der Waals surface area contributed by atoms with E-state index >= 15 is 0 Å². The first-order chi connectivity index (χ1) is 18.3. The Morgan fingerprint density at radius 1 is 0.947 bits per heavy atom. The van der Waals surface area contributed by atoms with Gasteiger partial charge in [0.1, 0.15) is 11.3 Å². The highest BCUT2D eigenvalue weighted by atomic mass is 16.7. The van der Waals surface area contributed by atoms with Crippen LogP contribution >= 0.6 is 0 Å². The molecular weight excluding hydrogens is 490 g/mol. The van der Waals surface area contributed by atoms with Gasteiger partial charge >= 0.3 is 5.97 Å². The Labute approximate surface area is 220 Å². The average Bonchev–Trinajstić information content (AvgIpc) is 3.51. The third-order valence-electron chi connectivity index (χ3n) is 7.85. The Balaban J connectivity index is 1.63. The van der Waals surface area contributed by atoms with Crippen molar-refractivity contribution in [3.8, 4) is 45.6 Å². The summed E-state index contributed by atoms with van der Waals surface area (Å²) in [5.41, 5.74) is 4.68. The van der Waals surface area contributed by atoms with Crippen LogP contribution in [0.5, 0.6) is 34.5 Å². The summed E-state index contributed by atoms with van der Waals surface area (Å²) < 4.78 is 35.6. The van der Waals surface area contributed by atoms with E-state index in [9.17, 15) is 9.90 Å². The van der Waals surface area contributed by atoms with E-state index in [1.807, 2.05) is 12.1 Å². The van der Waals surface area contributed by atoms with Gasteiger partial charge in [0.15, 0.2) is 35.1 Å². The quantitative estimate of drug-likeness (QED) is 0.391. The molecule has 1 N–H and O–H groups in total. The number of methoxy groups -OCH3 is 3. The van der Waals surface area contributed by atoms with Gasteiger partial charge in [-0.05, 0) is 29.3 Å². The number of carbonyl (C=O) groups is 1. The lowest BCUT2D eigenvalue weighted by atomic mass is 9.80. The third kappa shape index (κ3) is 3.38. The summed E-state index contributed by atoms with van der Waals surface area (Å²) in [4.78, 5) is 13.3. The Morgan fingerprint density at radius 2 is 1.71 bits per heavy atom. The molecule has 0 amide bonds. The first-order valence-electron chi connectivity index (χ1n) is 12.4. The van der Waals surface area contributed by atoms with Gasteiger partial charge in [-0.3, -0.25) is 0 Å². The Hall–Kier alpha value is -4.11. The number of fused-ring (bicyclic) bond motifs is 3. The van der Waals surface area contributed by atoms with Gasteiger partial charge in [-0.1, -0.05) is 18.2 Å². The fourth-order valence-electron chi connectivity index (χ4n) is 6.17. The largest absolute Gasteiger partial charge is 0.508 e. The number of ether oxygens (including phenoxy) is 6. The van der Waals surface area contributed by atoms with E-state index in [0.717, 1.165) is 40.8 Å². The summed E-state index contributed by atoms with van der Waals surface area (Å²) in [6, 6.07) is 10.4. The summed E-state index contributed by atoms with van der Waals surface area (Å²) in [5.74, 6) is 2.19. The van der Waals surface area contributed by atoms with Crippen molar-refractivity contribution in [3.63, 3.8) is 0 Å². The minimum Gasteiger partial charge on any atom is -0.508 e. The summed E-state index contributed by atoms with van der Waals surface area (Å²) >= 11 is 0. The summed E-state index contributed by atoms with van der Waals surface area (Å²) in [6.45, 7) is 0.824. The highest BCUT2D eigenvalue weighted by molar-refractivity contribution is 5.98. The molecule has 0 bridgehead atoms. The zero-order valence-electron chi connectivity index (χ0n) is 22.0. The maximum absolute atomic E-state index is 13.3. The van der Waals surface area contributed by atoms with Crippen molar-refractivity contribution in [2.24, 2.45) is 0 Å². The molecule has 0 spiro atoms. The number of rotatable bonds is 5. The van der Waals surface area contributed by atoms with Gasteiger partial charge in [0, 0.05) is 17.5 Å². The second-order valence-corrected chi connectivity index (χ2v) is 10.2. The lowest BCUT2D eigenvalue weighted by Gasteiger charge is -2.45. The summed E-state index contributed by atoms with van der Waals surface area (Å²) in [7, 11) is 8.91. The minimum atomic E-state index is -0.613. The highest BCUT2D eigenvalue weighted by Gasteiger charge is 2.52. The summed E-state index contributed by atoms with van der Waals surface area (Å²) in [6.07, 6.45) is 0.105. The van der Waals surface area contributed by atoms with Gasteiger partial charge in [0.25, 0.3) is 0 Å². The van der Waals surface area contributed by atoms with Crippen LogP contribution in [0.3, 0.4) is 0 Å². The van der Waals surface area contributed by atoms with Crippen molar-refractivity contribution in [1.82, 2.24) is 0 Å². The van der Waals surface area contributed by atoms with E-state index in [0.29, 0.717) is 38.8 Å². The Kier molecular flexibility index (Phi) is 5.57. The third-order valence-corrected chi connectivity index (χ3v) is 7.85. The number of phenols is 1.